The molecule has 0 aliphatic carbocycles. The molecule has 0 bridgehead atoms. The predicted molar refractivity (Wildman–Crippen MR) is 99.3 cm³/mol. The molecule has 0 saturated carbocycles. The van der Waals surface area contributed by atoms with Gasteiger partial charge >= 0.3 is 0 Å². The topological polar surface area (TPSA) is 58.8 Å². The van der Waals surface area contributed by atoms with Crippen molar-refractivity contribution in [2.75, 3.05) is 33.3 Å². The zero-order valence-electron chi connectivity index (χ0n) is 15.4. The first kappa shape index (κ1) is 17.7. The van der Waals surface area contributed by atoms with Crippen molar-refractivity contribution >= 4 is 17.2 Å². The molecule has 0 unspecified atom stereocenters. The van der Waals surface area contributed by atoms with Gasteiger partial charge in [0.05, 0.1) is 18.0 Å². The quantitative estimate of drug-likeness (QED) is 0.822. The zero-order chi connectivity index (χ0) is 18.1. The molecule has 26 heavy (non-hydrogen) atoms. The van der Waals surface area contributed by atoms with E-state index in [2.05, 4.69) is 23.0 Å². The summed E-state index contributed by atoms with van der Waals surface area (Å²) in [6.07, 6.45) is 4.44. The van der Waals surface area contributed by atoms with E-state index in [1.165, 1.54) is 16.7 Å². The van der Waals surface area contributed by atoms with E-state index in [4.69, 9.17) is 9.26 Å². The first-order chi connectivity index (χ1) is 12.6. The molecule has 1 amide bonds. The highest BCUT2D eigenvalue weighted by Gasteiger charge is 2.42. The van der Waals surface area contributed by atoms with Crippen molar-refractivity contribution in [2.24, 2.45) is 0 Å². The van der Waals surface area contributed by atoms with Gasteiger partial charge in [0.15, 0.2) is 0 Å². The van der Waals surface area contributed by atoms with Crippen LogP contribution in [0, 0.1) is 0 Å². The predicted octanol–water partition coefficient (Wildman–Crippen LogP) is 2.89. The molecule has 1 fully saturated rings. The van der Waals surface area contributed by atoms with E-state index >= 15 is 0 Å². The largest absolute Gasteiger partial charge is 0.369 e. The maximum Gasteiger partial charge on any atom is 0.264 e. The van der Waals surface area contributed by atoms with Crippen molar-refractivity contribution in [3.63, 3.8) is 0 Å². The van der Waals surface area contributed by atoms with Crippen molar-refractivity contribution < 1.29 is 14.1 Å². The molecule has 2 aromatic heterocycles. The Balaban J connectivity index is 1.54. The molecule has 1 spiro atoms. The summed E-state index contributed by atoms with van der Waals surface area (Å²) in [5.74, 6) is 0.0357. The Bertz CT molecular complexity index is 763. The highest BCUT2D eigenvalue weighted by molar-refractivity contribution is 7.14. The third-order valence-electron chi connectivity index (χ3n) is 5.53. The molecule has 140 valence electrons. The molecular weight excluding hydrogens is 350 g/mol. The van der Waals surface area contributed by atoms with Gasteiger partial charge in [0, 0.05) is 31.1 Å². The number of amides is 1. The highest BCUT2D eigenvalue weighted by Crippen LogP contribution is 2.45. The van der Waals surface area contributed by atoms with Gasteiger partial charge in [-0.25, -0.2) is 0 Å². The van der Waals surface area contributed by atoms with E-state index in [1.54, 1.807) is 22.3 Å². The van der Waals surface area contributed by atoms with Gasteiger partial charge in [0.2, 0.25) is 0 Å². The molecule has 2 aliphatic rings. The highest BCUT2D eigenvalue weighted by atomic mass is 32.1. The van der Waals surface area contributed by atoms with Gasteiger partial charge in [-0.3, -0.25) is 4.79 Å². The monoisotopic (exact) mass is 375 g/mol. The van der Waals surface area contributed by atoms with Crippen LogP contribution in [0.2, 0.25) is 0 Å². The lowest BCUT2D eigenvalue weighted by molar-refractivity contribution is -0.0944. The van der Waals surface area contributed by atoms with Gasteiger partial charge in [0.1, 0.15) is 17.6 Å². The molecule has 2 aromatic rings. The fraction of sp³-hybridized carbons (Fsp3) is 0.579. The number of piperidine rings is 1. The van der Waals surface area contributed by atoms with E-state index in [0.29, 0.717) is 6.54 Å². The minimum Gasteiger partial charge on any atom is -0.369 e. The Hall–Kier alpha value is -1.70. The number of fused-ring (bicyclic) bond motifs is 2. The lowest BCUT2D eigenvalue weighted by Gasteiger charge is -2.43. The Morgan fingerprint density at radius 1 is 1.42 bits per heavy atom. The molecule has 0 atom stereocenters. The van der Waals surface area contributed by atoms with Crippen LogP contribution in [-0.2, 0) is 23.3 Å². The van der Waals surface area contributed by atoms with Gasteiger partial charge in [0.25, 0.3) is 5.91 Å². The summed E-state index contributed by atoms with van der Waals surface area (Å²) in [7, 11) is 1.81. The smallest absolute Gasteiger partial charge is 0.264 e. The number of carbonyl (C=O) groups is 1. The van der Waals surface area contributed by atoms with Crippen LogP contribution in [0.3, 0.4) is 0 Å². The molecule has 4 heterocycles. The lowest BCUT2D eigenvalue weighted by Crippen LogP contribution is -2.45. The van der Waals surface area contributed by atoms with E-state index in [-0.39, 0.29) is 11.5 Å². The maximum atomic E-state index is 12.9. The number of rotatable bonds is 4. The van der Waals surface area contributed by atoms with Crippen molar-refractivity contribution in [1.82, 2.24) is 15.0 Å². The Morgan fingerprint density at radius 2 is 2.23 bits per heavy atom. The number of likely N-dealkylation sites (tertiary alicyclic amines) is 1. The van der Waals surface area contributed by atoms with Crippen LogP contribution in [0.1, 0.15) is 45.6 Å². The van der Waals surface area contributed by atoms with E-state index in [9.17, 15) is 4.79 Å². The average molecular weight is 375 g/mol. The summed E-state index contributed by atoms with van der Waals surface area (Å²) in [5, 5.41) is 3.89. The van der Waals surface area contributed by atoms with Crippen LogP contribution in [0.5, 0.6) is 0 Å². The average Bonchev–Trinajstić information content (AvgIpc) is 3.32. The number of hydrogen-bond acceptors (Lipinski definition) is 6. The lowest BCUT2D eigenvalue weighted by atomic mass is 9.85. The Morgan fingerprint density at radius 3 is 2.92 bits per heavy atom. The molecular formula is C19H25N3O3S. The van der Waals surface area contributed by atoms with Gasteiger partial charge in [-0.05, 0) is 37.4 Å². The minimum absolute atomic E-state index is 0.0357. The number of hydrogen-bond donors (Lipinski definition) is 0. The summed E-state index contributed by atoms with van der Waals surface area (Å²) in [6.45, 7) is 6.61. The minimum atomic E-state index is -0.187. The van der Waals surface area contributed by atoms with Crippen LogP contribution < -0.4 is 0 Å². The molecule has 4 rings (SSSR count). The summed E-state index contributed by atoms with van der Waals surface area (Å²) < 4.78 is 11.2. The molecule has 6 nitrogen and oxygen atoms in total. The standard InChI is InChI=1S/C19H25N3O3S/c1-3-22-8-6-19(7-9-22)17-14(4-10-24-19)12-16(26-17)18(23)21(2)13-15-5-11-25-20-15/h5,11-12H,3-4,6-10,13H2,1-2H3. The third kappa shape index (κ3) is 3.19. The van der Waals surface area contributed by atoms with Crippen molar-refractivity contribution in [1.29, 1.82) is 0 Å². The second-order valence-corrected chi connectivity index (χ2v) is 8.20. The van der Waals surface area contributed by atoms with Crippen molar-refractivity contribution in [2.45, 2.75) is 38.3 Å². The fourth-order valence-electron chi connectivity index (χ4n) is 3.95. The first-order valence-electron chi connectivity index (χ1n) is 9.25. The van der Waals surface area contributed by atoms with Gasteiger partial charge < -0.3 is 19.1 Å². The van der Waals surface area contributed by atoms with E-state index in [0.717, 1.165) is 56.1 Å². The Labute approximate surface area is 157 Å². The van der Waals surface area contributed by atoms with Crippen LogP contribution in [0.25, 0.3) is 0 Å². The van der Waals surface area contributed by atoms with Crippen molar-refractivity contribution in [3.8, 4) is 0 Å². The molecule has 0 aromatic carbocycles. The van der Waals surface area contributed by atoms with Crippen LogP contribution in [0.4, 0.5) is 0 Å². The number of carbonyl (C=O) groups excluding carboxylic acids is 1. The summed E-state index contributed by atoms with van der Waals surface area (Å²) in [4.78, 5) is 19.1. The summed E-state index contributed by atoms with van der Waals surface area (Å²) in [6, 6.07) is 3.87. The zero-order valence-corrected chi connectivity index (χ0v) is 16.2. The number of thiophene rings is 1. The Kier molecular flexibility index (Phi) is 4.86. The van der Waals surface area contributed by atoms with Crippen LogP contribution in [0.15, 0.2) is 22.9 Å². The van der Waals surface area contributed by atoms with Gasteiger partial charge in [-0.2, -0.15) is 0 Å². The summed E-state index contributed by atoms with van der Waals surface area (Å²) in [5.41, 5.74) is 1.87. The summed E-state index contributed by atoms with van der Waals surface area (Å²) >= 11 is 1.62. The molecule has 0 radical (unpaired) electrons. The van der Waals surface area contributed by atoms with Gasteiger partial charge in [-0.15, -0.1) is 11.3 Å². The maximum absolute atomic E-state index is 12.9. The second kappa shape index (κ2) is 7.13. The van der Waals surface area contributed by atoms with Crippen LogP contribution >= 0.6 is 11.3 Å². The SMILES string of the molecule is CCN1CCC2(CC1)OCCc1cc(C(=O)N(C)Cc3ccon3)sc12. The fourth-order valence-corrected chi connectivity index (χ4v) is 5.36. The molecule has 0 N–H and O–H groups in total. The number of ether oxygens (including phenoxy) is 1. The van der Waals surface area contributed by atoms with E-state index < -0.39 is 0 Å². The molecule has 7 heteroatoms. The van der Waals surface area contributed by atoms with E-state index in [1.807, 2.05) is 7.05 Å². The first-order valence-corrected chi connectivity index (χ1v) is 10.1. The third-order valence-corrected chi connectivity index (χ3v) is 6.88. The number of aromatic nitrogens is 1. The van der Waals surface area contributed by atoms with Crippen molar-refractivity contribution in [3.05, 3.63) is 39.4 Å². The molecule has 2 aliphatic heterocycles. The van der Waals surface area contributed by atoms with Gasteiger partial charge in [-0.1, -0.05) is 12.1 Å². The number of nitrogens with zero attached hydrogens (tertiary/aromatic N) is 3. The van der Waals surface area contributed by atoms with Crippen LogP contribution in [-0.4, -0.2) is 54.2 Å². The second-order valence-electron chi connectivity index (χ2n) is 7.14. The molecule has 1 saturated heterocycles. The normalized spacial score (nSPS) is 19.5.